The van der Waals surface area contributed by atoms with Gasteiger partial charge in [0.1, 0.15) is 12.3 Å². The first-order chi connectivity index (χ1) is 15.3. The van der Waals surface area contributed by atoms with Crippen molar-refractivity contribution in [3.63, 3.8) is 0 Å². The molecule has 6 nitrogen and oxygen atoms in total. The molecule has 0 aliphatic rings. The molecule has 7 heteroatoms. The number of benzene rings is 3. The number of sulfonamides is 1. The molecule has 0 aliphatic carbocycles. The molecule has 3 rings (SSSR count). The Morgan fingerprint density at radius 2 is 1.62 bits per heavy atom. The van der Waals surface area contributed by atoms with Crippen LogP contribution in [-0.4, -0.2) is 34.5 Å². The molecule has 0 aromatic heterocycles. The number of nitrogens with zero attached hydrogens (tertiary/aromatic N) is 1. The Kier molecular flexibility index (Phi) is 7.53. The van der Waals surface area contributed by atoms with Gasteiger partial charge in [0.05, 0.1) is 17.7 Å². The van der Waals surface area contributed by atoms with E-state index in [1.54, 1.807) is 49.6 Å². The Morgan fingerprint density at radius 3 is 2.25 bits per heavy atom. The van der Waals surface area contributed by atoms with Crippen molar-refractivity contribution in [3.8, 4) is 5.75 Å². The summed E-state index contributed by atoms with van der Waals surface area (Å²) in [7, 11) is -2.30. The summed E-state index contributed by atoms with van der Waals surface area (Å²) >= 11 is 0. The summed E-state index contributed by atoms with van der Waals surface area (Å²) in [4.78, 5) is 12.8. The number of amides is 1. The molecule has 0 atom stereocenters. The monoisotopic (exact) mass is 452 g/mol. The molecule has 0 aliphatic heterocycles. The second-order valence-corrected chi connectivity index (χ2v) is 9.47. The highest BCUT2D eigenvalue weighted by molar-refractivity contribution is 7.92. The van der Waals surface area contributed by atoms with E-state index in [0.29, 0.717) is 18.7 Å². The van der Waals surface area contributed by atoms with E-state index in [1.165, 1.54) is 0 Å². The molecule has 0 radical (unpaired) electrons. The van der Waals surface area contributed by atoms with Gasteiger partial charge in [0, 0.05) is 6.54 Å². The second kappa shape index (κ2) is 10.3. The molecule has 3 aromatic carbocycles. The van der Waals surface area contributed by atoms with Gasteiger partial charge >= 0.3 is 0 Å². The fraction of sp³-hybridized carbons (Fsp3) is 0.240. The van der Waals surface area contributed by atoms with Crippen molar-refractivity contribution in [2.75, 3.05) is 24.5 Å². The first-order valence-corrected chi connectivity index (χ1v) is 11.8. The highest BCUT2D eigenvalue weighted by Crippen LogP contribution is 2.24. The van der Waals surface area contributed by atoms with Gasteiger partial charge in [0.15, 0.2) is 0 Å². The molecule has 0 saturated carbocycles. The molecule has 0 spiro atoms. The zero-order chi connectivity index (χ0) is 23.1. The van der Waals surface area contributed by atoms with Crippen molar-refractivity contribution < 1.29 is 17.9 Å². The van der Waals surface area contributed by atoms with Crippen LogP contribution in [0.15, 0.2) is 77.7 Å². The summed E-state index contributed by atoms with van der Waals surface area (Å²) in [6, 6.07) is 21.3. The van der Waals surface area contributed by atoms with Gasteiger partial charge in [-0.2, -0.15) is 0 Å². The quantitative estimate of drug-likeness (QED) is 0.535. The molecule has 1 amide bonds. The zero-order valence-corrected chi connectivity index (χ0v) is 19.4. The molecule has 1 N–H and O–H groups in total. The topological polar surface area (TPSA) is 75.7 Å². The number of methoxy groups -OCH3 is 1. The van der Waals surface area contributed by atoms with Crippen molar-refractivity contribution >= 4 is 21.6 Å². The van der Waals surface area contributed by atoms with Gasteiger partial charge in [-0.1, -0.05) is 42.0 Å². The maximum absolute atomic E-state index is 13.4. The lowest BCUT2D eigenvalue weighted by molar-refractivity contribution is -0.119. The van der Waals surface area contributed by atoms with Crippen molar-refractivity contribution in [1.29, 1.82) is 0 Å². The molecule has 0 unspecified atom stereocenters. The minimum absolute atomic E-state index is 0.149. The van der Waals surface area contributed by atoms with Crippen LogP contribution in [0.2, 0.25) is 0 Å². The van der Waals surface area contributed by atoms with E-state index in [0.717, 1.165) is 26.7 Å². The fourth-order valence-corrected chi connectivity index (χ4v) is 4.67. The van der Waals surface area contributed by atoms with Crippen molar-refractivity contribution in [3.05, 3.63) is 89.5 Å². The van der Waals surface area contributed by atoms with Gasteiger partial charge in [-0.25, -0.2) is 8.42 Å². The van der Waals surface area contributed by atoms with Crippen LogP contribution in [0.3, 0.4) is 0 Å². The average molecular weight is 453 g/mol. The summed E-state index contributed by atoms with van der Waals surface area (Å²) in [5.41, 5.74) is 3.37. The highest BCUT2D eigenvalue weighted by Gasteiger charge is 2.27. The van der Waals surface area contributed by atoms with Gasteiger partial charge < -0.3 is 10.1 Å². The number of hydrogen-bond acceptors (Lipinski definition) is 4. The van der Waals surface area contributed by atoms with Crippen LogP contribution in [0.4, 0.5) is 5.69 Å². The van der Waals surface area contributed by atoms with E-state index in [1.807, 2.05) is 44.2 Å². The molecule has 32 heavy (non-hydrogen) atoms. The maximum atomic E-state index is 13.4. The van der Waals surface area contributed by atoms with E-state index in [4.69, 9.17) is 4.74 Å². The standard InChI is InChI=1S/C25H28N2O4S/c1-19-7-13-24(14-8-19)32(29,30)27(22-6-4-5-20(2)17-22)18-25(28)26-16-15-21-9-11-23(31-3)12-10-21/h4-14,17H,15-16,18H2,1-3H3,(H,26,28). The minimum Gasteiger partial charge on any atom is -0.497 e. The summed E-state index contributed by atoms with van der Waals surface area (Å²) in [5, 5.41) is 2.83. The van der Waals surface area contributed by atoms with Crippen LogP contribution in [0, 0.1) is 13.8 Å². The van der Waals surface area contributed by atoms with Crippen LogP contribution < -0.4 is 14.4 Å². The molecule has 3 aromatic rings. The van der Waals surface area contributed by atoms with Crippen molar-refractivity contribution in [1.82, 2.24) is 5.32 Å². The first kappa shape index (κ1) is 23.3. The van der Waals surface area contributed by atoms with Gasteiger partial charge in [-0.15, -0.1) is 0 Å². The lowest BCUT2D eigenvalue weighted by atomic mass is 10.1. The number of rotatable bonds is 9. The van der Waals surface area contributed by atoms with Crippen molar-refractivity contribution in [2.24, 2.45) is 0 Å². The first-order valence-electron chi connectivity index (χ1n) is 10.4. The Bertz CT molecular complexity index is 1160. The predicted molar refractivity (Wildman–Crippen MR) is 127 cm³/mol. The zero-order valence-electron chi connectivity index (χ0n) is 18.5. The van der Waals surface area contributed by atoms with E-state index in [9.17, 15) is 13.2 Å². The van der Waals surface area contributed by atoms with Gasteiger partial charge in [-0.05, 0) is 67.8 Å². The van der Waals surface area contributed by atoms with Crippen molar-refractivity contribution in [2.45, 2.75) is 25.2 Å². The summed E-state index contributed by atoms with van der Waals surface area (Å²) in [5.74, 6) is 0.406. The Labute approximate surface area is 189 Å². The van der Waals surface area contributed by atoms with Gasteiger partial charge in [0.2, 0.25) is 5.91 Å². The molecule has 0 fully saturated rings. The van der Waals surface area contributed by atoms with Crippen LogP contribution in [0.5, 0.6) is 5.75 Å². The number of hydrogen-bond donors (Lipinski definition) is 1. The van der Waals surface area contributed by atoms with Crippen LogP contribution in [0.25, 0.3) is 0 Å². The number of carbonyl (C=O) groups excluding carboxylic acids is 1. The van der Waals surface area contributed by atoms with E-state index < -0.39 is 10.0 Å². The molecular weight excluding hydrogens is 424 g/mol. The third-order valence-corrected chi connectivity index (χ3v) is 6.87. The predicted octanol–water partition coefficient (Wildman–Crippen LogP) is 3.87. The third kappa shape index (κ3) is 5.88. The largest absolute Gasteiger partial charge is 0.497 e. The molecular formula is C25H28N2O4S. The Morgan fingerprint density at radius 1 is 0.938 bits per heavy atom. The molecule has 0 bridgehead atoms. The SMILES string of the molecule is COc1ccc(CCNC(=O)CN(c2cccc(C)c2)S(=O)(=O)c2ccc(C)cc2)cc1. The van der Waals surface area contributed by atoms with E-state index >= 15 is 0 Å². The van der Waals surface area contributed by atoms with Crippen LogP contribution in [0.1, 0.15) is 16.7 Å². The number of ether oxygens (including phenoxy) is 1. The lowest BCUT2D eigenvalue weighted by Crippen LogP contribution is -2.41. The normalized spacial score (nSPS) is 11.1. The van der Waals surface area contributed by atoms with Crippen LogP contribution >= 0.6 is 0 Å². The number of carbonyl (C=O) groups is 1. The highest BCUT2D eigenvalue weighted by atomic mass is 32.2. The number of aryl methyl sites for hydroxylation is 2. The van der Waals surface area contributed by atoms with Gasteiger partial charge in [0.25, 0.3) is 10.0 Å². The summed E-state index contributed by atoms with van der Waals surface area (Å²) < 4.78 is 33.1. The lowest BCUT2D eigenvalue weighted by Gasteiger charge is -2.24. The Hall–Kier alpha value is -3.32. The van der Waals surface area contributed by atoms with E-state index in [-0.39, 0.29) is 17.3 Å². The minimum atomic E-state index is -3.91. The number of nitrogens with one attached hydrogen (secondary N) is 1. The molecule has 0 saturated heterocycles. The fourth-order valence-electron chi connectivity index (χ4n) is 3.26. The Balaban J connectivity index is 1.74. The van der Waals surface area contributed by atoms with E-state index in [2.05, 4.69) is 5.32 Å². The summed E-state index contributed by atoms with van der Waals surface area (Å²) in [6.07, 6.45) is 0.630. The van der Waals surface area contributed by atoms with Crippen LogP contribution in [-0.2, 0) is 21.2 Å². The number of anilines is 1. The summed E-state index contributed by atoms with van der Waals surface area (Å²) in [6.45, 7) is 3.87. The average Bonchev–Trinajstić information content (AvgIpc) is 2.78. The molecule has 168 valence electrons. The smallest absolute Gasteiger partial charge is 0.264 e. The maximum Gasteiger partial charge on any atom is 0.264 e. The second-order valence-electron chi connectivity index (χ2n) is 7.61. The van der Waals surface area contributed by atoms with Gasteiger partial charge in [-0.3, -0.25) is 9.10 Å². The third-order valence-electron chi connectivity index (χ3n) is 5.08. The molecule has 0 heterocycles.